The second-order valence-corrected chi connectivity index (χ2v) is 3.26. The first kappa shape index (κ1) is 10.3. The molecule has 2 nitrogen and oxygen atoms in total. The van der Waals surface area contributed by atoms with E-state index in [1.165, 1.54) is 0 Å². The molecule has 0 atom stereocenters. The zero-order valence-corrected chi connectivity index (χ0v) is 8.71. The van der Waals surface area contributed by atoms with Crippen LogP contribution < -0.4 is 4.74 Å². The van der Waals surface area contributed by atoms with E-state index in [0.717, 1.165) is 18.6 Å². The molecule has 0 radical (unpaired) electrons. The standard InChI is InChI=1S/C10H14ClNO/c1-3-8(4-2)13-9-5-6-10(11)12-7-9/h5-8H,3-4H2,1-2H3. The second-order valence-electron chi connectivity index (χ2n) is 2.87. The van der Waals surface area contributed by atoms with Gasteiger partial charge in [0, 0.05) is 0 Å². The van der Waals surface area contributed by atoms with Crippen molar-refractivity contribution in [2.75, 3.05) is 0 Å². The molecular formula is C10H14ClNO. The van der Waals surface area contributed by atoms with Crippen LogP contribution >= 0.6 is 11.6 Å². The Bertz CT molecular complexity index is 244. The van der Waals surface area contributed by atoms with Crippen LogP contribution in [0.2, 0.25) is 5.15 Å². The van der Waals surface area contributed by atoms with Gasteiger partial charge in [-0.15, -0.1) is 0 Å². The summed E-state index contributed by atoms with van der Waals surface area (Å²) in [7, 11) is 0. The lowest BCUT2D eigenvalue weighted by Gasteiger charge is -2.14. The Hall–Kier alpha value is -0.760. The normalized spacial score (nSPS) is 10.5. The number of ether oxygens (including phenoxy) is 1. The second kappa shape index (κ2) is 5.07. The summed E-state index contributed by atoms with van der Waals surface area (Å²) < 4.78 is 5.65. The molecule has 13 heavy (non-hydrogen) atoms. The Morgan fingerprint density at radius 1 is 1.38 bits per heavy atom. The average molecular weight is 200 g/mol. The molecule has 0 amide bonds. The van der Waals surface area contributed by atoms with Crippen molar-refractivity contribution >= 4 is 11.6 Å². The van der Waals surface area contributed by atoms with Gasteiger partial charge in [0.25, 0.3) is 0 Å². The summed E-state index contributed by atoms with van der Waals surface area (Å²) in [5, 5.41) is 0.497. The van der Waals surface area contributed by atoms with E-state index in [1.54, 1.807) is 12.3 Å². The van der Waals surface area contributed by atoms with Crippen LogP contribution in [0.5, 0.6) is 5.75 Å². The highest BCUT2D eigenvalue weighted by Gasteiger charge is 2.04. The molecule has 0 unspecified atom stereocenters. The monoisotopic (exact) mass is 199 g/mol. The first-order valence-corrected chi connectivity index (χ1v) is 4.92. The van der Waals surface area contributed by atoms with Crippen molar-refractivity contribution in [2.45, 2.75) is 32.8 Å². The fraction of sp³-hybridized carbons (Fsp3) is 0.500. The molecule has 1 rings (SSSR count). The fourth-order valence-corrected chi connectivity index (χ4v) is 1.19. The van der Waals surface area contributed by atoms with Crippen molar-refractivity contribution in [3.63, 3.8) is 0 Å². The van der Waals surface area contributed by atoms with E-state index in [-0.39, 0.29) is 6.10 Å². The van der Waals surface area contributed by atoms with Gasteiger partial charge in [-0.05, 0) is 25.0 Å². The third kappa shape index (κ3) is 3.23. The van der Waals surface area contributed by atoms with Gasteiger partial charge in [-0.1, -0.05) is 25.4 Å². The molecular weight excluding hydrogens is 186 g/mol. The molecule has 0 bridgehead atoms. The van der Waals surface area contributed by atoms with Crippen molar-refractivity contribution in [3.8, 4) is 5.75 Å². The summed E-state index contributed by atoms with van der Waals surface area (Å²) in [6.07, 6.45) is 3.96. The topological polar surface area (TPSA) is 22.1 Å². The summed E-state index contributed by atoms with van der Waals surface area (Å²) >= 11 is 5.65. The van der Waals surface area contributed by atoms with Gasteiger partial charge in [-0.25, -0.2) is 4.98 Å². The number of hydrogen-bond donors (Lipinski definition) is 0. The molecule has 0 aliphatic rings. The maximum absolute atomic E-state index is 5.65. The van der Waals surface area contributed by atoms with Crippen molar-refractivity contribution in [3.05, 3.63) is 23.5 Å². The van der Waals surface area contributed by atoms with Gasteiger partial charge in [-0.2, -0.15) is 0 Å². The van der Waals surface area contributed by atoms with Gasteiger partial charge in [-0.3, -0.25) is 0 Å². The fourth-order valence-electron chi connectivity index (χ4n) is 1.08. The van der Waals surface area contributed by atoms with Gasteiger partial charge in [0.15, 0.2) is 0 Å². The third-order valence-electron chi connectivity index (χ3n) is 1.91. The van der Waals surface area contributed by atoms with Crippen molar-refractivity contribution in [2.24, 2.45) is 0 Å². The summed E-state index contributed by atoms with van der Waals surface area (Å²) in [4.78, 5) is 3.94. The van der Waals surface area contributed by atoms with E-state index in [2.05, 4.69) is 18.8 Å². The third-order valence-corrected chi connectivity index (χ3v) is 2.14. The van der Waals surface area contributed by atoms with Gasteiger partial charge in [0.2, 0.25) is 0 Å². The molecule has 1 heterocycles. The number of pyridine rings is 1. The van der Waals surface area contributed by atoms with Crippen LogP contribution in [0.3, 0.4) is 0 Å². The Balaban J connectivity index is 2.58. The van der Waals surface area contributed by atoms with E-state index < -0.39 is 0 Å². The van der Waals surface area contributed by atoms with Gasteiger partial charge in [0.1, 0.15) is 10.9 Å². The van der Waals surface area contributed by atoms with E-state index in [1.807, 2.05) is 6.07 Å². The van der Waals surface area contributed by atoms with Gasteiger partial charge < -0.3 is 4.74 Å². The van der Waals surface area contributed by atoms with Gasteiger partial charge >= 0.3 is 0 Å². The molecule has 0 saturated heterocycles. The number of nitrogens with zero attached hydrogens (tertiary/aromatic N) is 1. The summed E-state index contributed by atoms with van der Waals surface area (Å²) in [6, 6.07) is 3.58. The maximum Gasteiger partial charge on any atom is 0.138 e. The predicted molar refractivity (Wildman–Crippen MR) is 54.2 cm³/mol. The summed E-state index contributed by atoms with van der Waals surface area (Å²) in [5.41, 5.74) is 0. The SMILES string of the molecule is CCC(CC)Oc1ccc(Cl)nc1. The highest BCUT2D eigenvalue weighted by atomic mass is 35.5. The molecule has 0 spiro atoms. The minimum Gasteiger partial charge on any atom is -0.489 e. The number of halogens is 1. The van der Waals surface area contributed by atoms with Crippen LogP contribution in [0.15, 0.2) is 18.3 Å². The van der Waals surface area contributed by atoms with E-state index in [9.17, 15) is 0 Å². The summed E-state index contributed by atoms with van der Waals surface area (Å²) in [5.74, 6) is 0.790. The molecule has 0 aliphatic heterocycles. The quantitative estimate of drug-likeness (QED) is 0.695. The van der Waals surface area contributed by atoms with Crippen LogP contribution in [0.1, 0.15) is 26.7 Å². The van der Waals surface area contributed by atoms with Crippen LogP contribution in [0, 0.1) is 0 Å². The van der Waals surface area contributed by atoms with Crippen molar-refractivity contribution in [1.82, 2.24) is 4.98 Å². The minimum atomic E-state index is 0.281. The van der Waals surface area contributed by atoms with E-state index in [4.69, 9.17) is 16.3 Å². The Kier molecular flexibility index (Phi) is 4.03. The molecule has 72 valence electrons. The lowest BCUT2D eigenvalue weighted by molar-refractivity contribution is 0.192. The molecule has 0 N–H and O–H groups in total. The van der Waals surface area contributed by atoms with Crippen LogP contribution in [-0.2, 0) is 0 Å². The minimum absolute atomic E-state index is 0.281. The zero-order valence-electron chi connectivity index (χ0n) is 7.96. The number of rotatable bonds is 4. The molecule has 1 aromatic rings. The molecule has 0 saturated carbocycles. The van der Waals surface area contributed by atoms with Gasteiger partial charge in [0.05, 0.1) is 12.3 Å². The lowest BCUT2D eigenvalue weighted by atomic mass is 10.2. The first-order valence-electron chi connectivity index (χ1n) is 4.54. The van der Waals surface area contributed by atoms with Crippen LogP contribution in [0.4, 0.5) is 0 Å². The number of aromatic nitrogens is 1. The molecule has 0 aromatic carbocycles. The smallest absolute Gasteiger partial charge is 0.138 e. The van der Waals surface area contributed by atoms with Crippen molar-refractivity contribution < 1.29 is 4.74 Å². The molecule has 0 aliphatic carbocycles. The van der Waals surface area contributed by atoms with Crippen LogP contribution in [-0.4, -0.2) is 11.1 Å². The maximum atomic E-state index is 5.65. The highest BCUT2D eigenvalue weighted by molar-refractivity contribution is 6.29. The molecule has 0 fully saturated rings. The lowest BCUT2D eigenvalue weighted by Crippen LogP contribution is -2.13. The Morgan fingerprint density at radius 3 is 2.54 bits per heavy atom. The summed E-state index contributed by atoms with van der Waals surface area (Å²) in [6.45, 7) is 4.22. The highest BCUT2D eigenvalue weighted by Crippen LogP contribution is 2.15. The predicted octanol–water partition coefficient (Wildman–Crippen LogP) is 3.30. The zero-order chi connectivity index (χ0) is 9.68. The number of hydrogen-bond acceptors (Lipinski definition) is 2. The van der Waals surface area contributed by atoms with E-state index in [0.29, 0.717) is 5.15 Å². The molecule has 1 aromatic heterocycles. The average Bonchev–Trinajstić information content (AvgIpc) is 2.17. The van der Waals surface area contributed by atoms with Crippen LogP contribution in [0.25, 0.3) is 0 Å². The van der Waals surface area contributed by atoms with E-state index >= 15 is 0 Å². The first-order chi connectivity index (χ1) is 6.26. The largest absolute Gasteiger partial charge is 0.489 e. The Labute approximate surface area is 83.9 Å². The van der Waals surface area contributed by atoms with Crippen molar-refractivity contribution in [1.29, 1.82) is 0 Å². The molecule has 3 heteroatoms. The Morgan fingerprint density at radius 2 is 2.08 bits per heavy atom.